The van der Waals surface area contributed by atoms with Gasteiger partial charge in [-0.3, -0.25) is 43.2 Å². The van der Waals surface area contributed by atoms with E-state index >= 15 is 0 Å². The van der Waals surface area contributed by atoms with Crippen molar-refractivity contribution in [1.82, 2.24) is 40.0 Å². The third kappa shape index (κ3) is 66.7. The van der Waals surface area contributed by atoms with Crippen molar-refractivity contribution in [2.24, 2.45) is 28.7 Å². The zero-order chi connectivity index (χ0) is 71.3. The van der Waals surface area contributed by atoms with Crippen molar-refractivity contribution in [3.8, 4) is 0 Å². The highest BCUT2D eigenvalue weighted by Crippen LogP contribution is 2.06. The number of carbonyl (C=O) groups is 9. The molecule has 0 aliphatic carbocycles. The van der Waals surface area contributed by atoms with E-state index in [4.69, 9.17) is 42.9 Å². The summed E-state index contributed by atoms with van der Waals surface area (Å²) in [5, 5.41) is 6.57. The molecular formula is C63H129N13O18. The molecule has 12 N–H and O–H groups in total. The number of hydrogen-bond donors (Lipinski definition) is 7. The summed E-state index contributed by atoms with van der Waals surface area (Å²) >= 11 is 0. The van der Waals surface area contributed by atoms with Gasteiger partial charge in [-0.15, -0.1) is 0 Å². The summed E-state index contributed by atoms with van der Waals surface area (Å²) in [5.41, 5.74) is 27.8. The van der Waals surface area contributed by atoms with E-state index in [2.05, 4.69) is 63.6 Å². The fourth-order valence-electron chi connectivity index (χ4n) is 8.71. The normalized spacial score (nSPS) is 10.9. The maximum atomic E-state index is 11.5. The Kier molecular flexibility index (Phi) is 72.8. The first-order valence-electron chi connectivity index (χ1n) is 33.2. The van der Waals surface area contributed by atoms with E-state index in [0.717, 1.165) is 136 Å². The molecule has 0 bridgehead atoms. The maximum Gasteiger partial charge on any atom is 0.306 e. The molecule has 0 aliphatic rings. The number of nitrogens with zero attached hydrogens (tertiary/aromatic N) is 6. The highest BCUT2D eigenvalue weighted by Gasteiger charge is 2.17. The van der Waals surface area contributed by atoms with Crippen LogP contribution >= 0.6 is 0 Å². The molecule has 0 aromatic heterocycles. The van der Waals surface area contributed by atoms with Gasteiger partial charge in [-0.1, -0.05) is 19.3 Å². The van der Waals surface area contributed by atoms with Gasteiger partial charge in [0.2, 0.25) is 0 Å². The van der Waals surface area contributed by atoms with Gasteiger partial charge in [0, 0.05) is 150 Å². The van der Waals surface area contributed by atoms with Gasteiger partial charge < -0.3 is 111 Å². The molecule has 0 aliphatic heterocycles. The Labute approximate surface area is 562 Å². The quantitative estimate of drug-likeness (QED) is 0.0225. The summed E-state index contributed by atoms with van der Waals surface area (Å²) in [4.78, 5) is 114. The van der Waals surface area contributed by atoms with Crippen molar-refractivity contribution >= 4 is 53.7 Å². The van der Waals surface area contributed by atoms with Crippen LogP contribution in [0.3, 0.4) is 0 Å². The van der Waals surface area contributed by atoms with E-state index in [-0.39, 0.29) is 66.6 Å². The zero-order valence-corrected chi connectivity index (χ0v) is 59.2. The number of ether oxygens (including phenoxy) is 9. The third-order valence-corrected chi connectivity index (χ3v) is 14.6. The Bertz CT molecular complexity index is 1800. The van der Waals surface area contributed by atoms with Gasteiger partial charge in [0.05, 0.1) is 115 Å². The molecule has 0 unspecified atom stereocenters. The van der Waals surface area contributed by atoms with Crippen molar-refractivity contribution < 1.29 is 85.8 Å². The minimum atomic E-state index is -0.285. The topological polar surface area (TPSA) is 410 Å². The molecule has 0 aromatic carbocycles. The molecule has 31 nitrogen and oxygen atoms in total. The van der Waals surface area contributed by atoms with E-state index in [0.29, 0.717) is 143 Å². The lowest BCUT2D eigenvalue weighted by Gasteiger charge is -2.27. The standard InChI is InChI=1S/C19H37N3O6.2C15H31N3O4.C14H30N4O4/c1-26-17(23)7-12-21(11-6-4-5-10-20)15-16-22(13-8-18(24)27-2)14-9-19(25)28-3;1-21-14(19)6-9-17-10-13-18(11-5-3-4-8-16)12-7-15(20)22-2;1-21-14(19)6-4-3-5-9-17-10-13-18(12-8-16)11-7-15(20)22-2;1-21-13(19)3-7-17(9-5-15)11-12-18(10-6-16)8-4-14(20)22-2/h4-16,20H2,1-3H3;2*17H,3-13,16H2,1-2H3;3-12,15-16H2,1-2H3. The molecule has 0 rings (SSSR count). The van der Waals surface area contributed by atoms with Crippen LogP contribution in [0.4, 0.5) is 0 Å². The van der Waals surface area contributed by atoms with Crippen molar-refractivity contribution in [2.45, 2.75) is 116 Å². The van der Waals surface area contributed by atoms with Crippen molar-refractivity contribution in [3.05, 3.63) is 0 Å². The van der Waals surface area contributed by atoms with Crippen LogP contribution in [-0.2, 0) is 85.8 Å². The average Bonchev–Trinajstić information content (AvgIpc) is 2.81. The molecule has 0 atom stereocenters. The minimum absolute atomic E-state index is 0.143. The Morgan fingerprint density at radius 3 is 0.734 bits per heavy atom. The highest BCUT2D eigenvalue weighted by molar-refractivity contribution is 5.72. The lowest BCUT2D eigenvalue weighted by atomic mass is 10.2. The molecule has 94 heavy (non-hydrogen) atoms. The molecule has 31 heteroatoms. The van der Waals surface area contributed by atoms with Gasteiger partial charge in [0.25, 0.3) is 0 Å². The Morgan fingerprint density at radius 1 is 0.213 bits per heavy atom. The fraction of sp³-hybridized carbons (Fsp3) is 0.857. The lowest BCUT2D eigenvalue weighted by molar-refractivity contribution is -0.142. The summed E-state index contributed by atoms with van der Waals surface area (Å²) in [5.74, 6) is -2.00. The van der Waals surface area contributed by atoms with Crippen LogP contribution in [0.1, 0.15) is 116 Å². The molecule has 0 fully saturated rings. The number of nitrogens with two attached hydrogens (primary N) is 5. The van der Waals surface area contributed by atoms with E-state index in [1.165, 1.54) is 64.0 Å². The van der Waals surface area contributed by atoms with Crippen LogP contribution < -0.4 is 39.3 Å². The highest BCUT2D eigenvalue weighted by atomic mass is 16.5. The zero-order valence-electron chi connectivity index (χ0n) is 59.2. The predicted molar refractivity (Wildman–Crippen MR) is 361 cm³/mol. The van der Waals surface area contributed by atoms with Crippen LogP contribution in [0, 0.1) is 0 Å². The molecular weight excluding hydrogens is 1230 g/mol. The first-order valence-corrected chi connectivity index (χ1v) is 33.2. The number of carbonyl (C=O) groups excluding carboxylic acids is 9. The summed E-state index contributed by atoms with van der Waals surface area (Å²) in [6.45, 7) is 19.0. The Balaban J connectivity index is -0.000000578. The van der Waals surface area contributed by atoms with Gasteiger partial charge >= 0.3 is 53.7 Å². The molecule has 554 valence electrons. The molecule has 0 saturated carbocycles. The summed E-state index contributed by atoms with van der Waals surface area (Å²) < 4.78 is 41.9. The molecule has 0 aromatic rings. The predicted octanol–water partition coefficient (Wildman–Crippen LogP) is -0.691. The number of nitrogens with one attached hydrogen (secondary N) is 2. The second-order valence-electron chi connectivity index (χ2n) is 21.6. The SMILES string of the molecule is COC(=O)CCCCCNCCN(CCN)CCC(=O)OC.COC(=O)CCN(CCCCCN)CCN(CCC(=O)OC)CCC(=O)OC.COC(=O)CCN(CCN)CCN(CCN)CCC(=O)OC.COC(=O)CCNCCN(CCCCCN)CCC(=O)OC. The Morgan fingerprint density at radius 2 is 0.447 bits per heavy atom. The second kappa shape index (κ2) is 72.0. The van der Waals surface area contributed by atoms with Crippen LogP contribution in [0.15, 0.2) is 0 Å². The summed E-state index contributed by atoms with van der Waals surface area (Å²) in [6.07, 6.45) is 12.3. The van der Waals surface area contributed by atoms with Gasteiger partial charge in [-0.2, -0.15) is 0 Å². The van der Waals surface area contributed by atoms with E-state index in [9.17, 15) is 43.2 Å². The van der Waals surface area contributed by atoms with Crippen molar-refractivity contribution in [3.63, 3.8) is 0 Å². The van der Waals surface area contributed by atoms with Crippen molar-refractivity contribution in [2.75, 3.05) is 241 Å². The molecule has 0 heterocycles. The minimum Gasteiger partial charge on any atom is -0.469 e. The molecule has 0 radical (unpaired) electrons. The van der Waals surface area contributed by atoms with E-state index < -0.39 is 0 Å². The van der Waals surface area contributed by atoms with E-state index in [1.54, 1.807) is 0 Å². The largest absolute Gasteiger partial charge is 0.469 e. The number of methoxy groups -OCH3 is 9. The van der Waals surface area contributed by atoms with Gasteiger partial charge in [0.15, 0.2) is 0 Å². The van der Waals surface area contributed by atoms with Gasteiger partial charge in [-0.05, 0) is 71.2 Å². The summed E-state index contributed by atoms with van der Waals surface area (Å²) in [7, 11) is 12.5. The number of unbranched alkanes of at least 4 members (excludes halogenated alkanes) is 6. The van der Waals surface area contributed by atoms with Gasteiger partial charge in [0.1, 0.15) is 0 Å². The lowest BCUT2D eigenvalue weighted by Crippen LogP contribution is -2.41. The first-order chi connectivity index (χ1) is 45.3. The number of rotatable bonds is 58. The van der Waals surface area contributed by atoms with E-state index in [1.807, 2.05) is 4.90 Å². The Hall–Kier alpha value is -5.29. The smallest absolute Gasteiger partial charge is 0.306 e. The summed E-state index contributed by atoms with van der Waals surface area (Å²) in [6, 6.07) is 0. The van der Waals surface area contributed by atoms with Gasteiger partial charge in [-0.25, -0.2) is 0 Å². The second-order valence-corrected chi connectivity index (χ2v) is 21.6. The van der Waals surface area contributed by atoms with Crippen LogP contribution in [-0.4, -0.2) is 324 Å². The third-order valence-electron chi connectivity index (χ3n) is 14.6. The van der Waals surface area contributed by atoms with Crippen LogP contribution in [0.2, 0.25) is 0 Å². The molecule has 0 amide bonds. The fourth-order valence-corrected chi connectivity index (χ4v) is 8.71. The first kappa shape index (κ1) is 95.1. The van der Waals surface area contributed by atoms with Crippen molar-refractivity contribution in [1.29, 1.82) is 0 Å². The number of esters is 9. The molecule has 0 spiro atoms. The monoisotopic (exact) mass is 1360 g/mol. The number of hydrogen-bond acceptors (Lipinski definition) is 31. The van der Waals surface area contributed by atoms with Crippen LogP contribution in [0.25, 0.3) is 0 Å². The van der Waals surface area contributed by atoms with Crippen LogP contribution in [0.5, 0.6) is 0 Å². The average molecular weight is 1360 g/mol. The molecule has 0 saturated heterocycles. The maximum absolute atomic E-state index is 11.5.